The zero-order chi connectivity index (χ0) is 15.3. The molecular formula is C17H27ClN2O2. The molecule has 4 nitrogen and oxygen atoms in total. The van der Waals surface area contributed by atoms with Crippen molar-refractivity contribution in [3.05, 3.63) is 29.8 Å². The first kappa shape index (κ1) is 18.8. The second kappa shape index (κ2) is 8.39. The molecule has 1 atom stereocenters. The second-order valence-corrected chi connectivity index (χ2v) is 5.67. The molecule has 1 saturated heterocycles. The number of nitrogens with one attached hydrogen (secondary N) is 1. The molecule has 2 rings (SSSR count). The van der Waals surface area contributed by atoms with Gasteiger partial charge in [0.15, 0.2) is 0 Å². The lowest BCUT2D eigenvalue weighted by atomic mass is 9.92. The average molecular weight is 327 g/mol. The molecule has 1 fully saturated rings. The number of carbonyl (C=O) groups is 1. The summed E-state index contributed by atoms with van der Waals surface area (Å²) in [4.78, 5) is 14.6. The van der Waals surface area contributed by atoms with Gasteiger partial charge in [0.2, 0.25) is 5.91 Å². The number of likely N-dealkylation sites (N-methyl/N-ethyl adjacent to an activating group) is 1. The van der Waals surface area contributed by atoms with Gasteiger partial charge in [-0.2, -0.15) is 0 Å². The van der Waals surface area contributed by atoms with Gasteiger partial charge in [0.1, 0.15) is 5.75 Å². The maximum atomic E-state index is 12.8. The number of benzene rings is 1. The monoisotopic (exact) mass is 326 g/mol. The van der Waals surface area contributed by atoms with Crippen LogP contribution in [0.3, 0.4) is 0 Å². The third-order valence-electron chi connectivity index (χ3n) is 4.28. The van der Waals surface area contributed by atoms with Crippen LogP contribution in [0.25, 0.3) is 0 Å². The molecule has 1 aliphatic rings. The predicted octanol–water partition coefficient (Wildman–Crippen LogP) is 3.00. The third kappa shape index (κ3) is 3.93. The standard InChI is InChI=1S/C17H26N2O2.ClH/c1-4-17(11-8-12-18-17)16(20)19(3)13-14-9-6-7-10-15(14)21-5-2;/h6-7,9-10,18H,4-5,8,11-13H2,1-3H3;1H. The Morgan fingerprint density at radius 1 is 1.36 bits per heavy atom. The fourth-order valence-corrected chi connectivity index (χ4v) is 3.07. The molecule has 0 bridgehead atoms. The maximum absolute atomic E-state index is 12.8. The van der Waals surface area contributed by atoms with Crippen molar-refractivity contribution in [3.63, 3.8) is 0 Å². The van der Waals surface area contributed by atoms with Crippen LogP contribution >= 0.6 is 12.4 Å². The third-order valence-corrected chi connectivity index (χ3v) is 4.28. The summed E-state index contributed by atoms with van der Waals surface area (Å²) in [5, 5.41) is 3.40. The van der Waals surface area contributed by atoms with Crippen molar-refractivity contribution >= 4 is 18.3 Å². The molecule has 22 heavy (non-hydrogen) atoms. The Kier molecular flexibility index (Phi) is 7.17. The molecule has 1 unspecified atom stereocenters. The SMILES string of the molecule is CCOc1ccccc1CN(C)C(=O)C1(CC)CCCN1.Cl. The Balaban J connectivity index is 0.00000242. The lowest BCUT2D eigenvalue weighted by Gasteiger charge is -2.32. The number of halogens is 1. The van der Waals surface area contributed by atoms with E-state index in [1.165, 1.54) is 0 Å². The molecule has 0 aromatic heterocycles. The van der Waals surface area contributed by atoms with Gasteiger partial charge in [0.25, 0.3) is 0 Å². The molecular weight excluding hydrogens is 300 g/mol. The molecule has 124 valence electrons. The lowest BCUT2D eigenvalue weighted by Crippen LogP contribution is -2.53. The number of ether oxygens (including phenoxy) is 1. The summed E-state index contributed by atoms with van der Waals surface area (Å²) in [6.45, 7) is 6.20. The highest BCUT2D eigenvalue weighted by Gasteiger charge is 2.40. The molecule has 0 aliphatic carbocycles. The van der Waals surface area contributed by atoms with Crippen LogP contribution in [0.2, 0.25) is 0 Å². The van der Waals surface area contributed by atoms with Crippen LogP contribution in [0, 0.1) is 0 Å². The molecule has 1 aromatic rings. The Labute approximate surface area is 139 Å². The normalized spacial score (nSPS) is 20.3. The van der Waals surface area contributed by atoms with Crippen LogP contribution in [-0.4, -0.2) is 36.5 Å². The fraction of sp³-hybridized carbons (Fsp3) is 0.588. The van der Waals surface area contributed by atoms with Crippen molar-refractivity contribution in [3.8, 4) is 5.75 Å². The number of hydrogen-bond donors (Lipinski definition) is 1. The van der Waals surface area contributed by atoms with Crippen LogP contribution in [0.1, 0.15) is 38.7 Å². The topological polar surface area (TPSA) is 41.6 Å². The average Bonchev–Trinajstić information content (AvgIpc) is 2.99. The van der Waals surface area contributed by atoms with Crippen molar-refractivity contribution < 1.29 is 9.53 Å². The van der Waals surface area contributed by atoms with E-state index < -0.39 is 0 Å². The van der Waals surface area contributed by atoms with Gasteiger partial charge in [-0.05, 0) is 38.8 Å². The van der Waals surface area contributed by atoms with Crippen molar-refractivity contribution in [2.45, 2.75) is 45.2 Å². The lowest BCUT2D eigenvalue weighted by molar-refractivity contribution is -0.137. The van der Waals surface area contributed by atoms with E-state index in [0.29, 0.717) is 13.2 Å². The molecule has 1 aliphatic heterocycles. The fourth-order valence-electron chi connectivity index (χ4n) is 3.07. The van der Waals surface area contributed by atoms with E-state index in [9.17, 15) is 4.79 Å². The van der Waals surface area contributed by atoms with Gasteiger partial charge in [-0.25, -0.2) is 0 Å². The van der Waals surface area contributed by atoms with Gasteiger partial charge in [-0.3, -0.25) is 4.79 Å². The molecule has 1 heterocycles. The Bertz CT molecular complexity index is 487. The van der Waals surface area contributed by atoms with Crippen molar-refractivity contribution in [1.29, 1.82) is 0 Å². The van der Waals surface area contributed by atoms with Crippen LogP contribution in [0.5, 0.6) is 5.75 Å². The predicted molar refractivity (Wildman–Crippen MR) is 91.6 cm³/mol. The van der Waals surface area contributed by atoms with E-state index in [4.69, 9.17) is 4.74 Å². The first-order chi connectivity index (χ1) is 10.1. The minimum absolute atomic E-state index is 0. The minimum Gasteiger partial charge on any atom is -0.494 e. The number of para-hydroxylation sites is 1. The van der Waals surface area contributed by atoms with E-state index in [0.717, 1.165) is 37.1 Å². The summed E-state index contributed by atoms with van der Waals surface area (Å²) in [5.74, 6) is 1.05. The largest absolute Gasteiger partial charge is 0.494 e. The minimum atomic E-state index is -0.366. The van der Waals surface area contributed by atoms with Crippen molar-refractivity contribution in [2.75, 3.05) is 20.2 Å². The van der Waals surface area contributed by atoms with Gasteiger partial charge in [-0.1, -0.05) is 25.1 Å². The molecule has 0 saturated carbocycles. The summed E-state index contributed by atoms with van der Waals surface area (Å²) in [5.41, 5.74) is 0.689. The van der Waals surface area contributed by atoms with Gasteiger partial charge >= 0.3 is 0 Å². The molecule has 5 heteroatoms. The maximum Gasteiger partial charge on any atom is 0.242 e. The summed E-state index contributed by atoms with van der Waals surface area (Å²) < 4.78 is 5.64. The second-order valence-electron chi connectivity index (χ2n) is 5.67. The first-order valence-corrected chi connectivity index (χ1v) is 7.84. The zero-order valence-electron chi connectivity index (χ0n) is 13.7. The zero-order valence-corrected chi connectivity index (χ0v) is 14.5. The molecule has 1 amide bonds. The molecule has 1 aromatic carbocycles. The van der Waals surface area contributed by atoms with E-state index in [1.54, 1.807) is 0 Å². The van der Waals surface area contributed by atoms with Gasteiger partial charge in [-0.15, -0.1) is 12.4 Å². The molecule has 0 radical (unpaired) electrons. The number of carbonyl (C=O) groups excluding carboxylic acids is 1. The number of rotatable bonds is 6. The summed E-state index contributed by atoms with van der Waals surface area (Å²) >= 11 is 0. The highest BCUT2D eigenvalue weighted by atomic mass is 35.5. The molecule has 0 spiro atoms. The van der Waals surface area contributed by atoms with Crippen molar-refractivity contribution in [1.82, 2.24) is 10.2 Å². The summed E-state index contributed by atoms with van der Waals surface area (Å²) in [6.07, 6.45) is 2.84. The first-order valence-electron chi connectivity index (χ1n) is 7.84. The smallest absolute Gasteiger partial charge is 0.242 e. The summed E-state index contributed by atoms with van der Waals surface area (Å²) in [7, 11) is 1.88. The number of hydrogen-bond acceptors (Lipinski definition) is 3. The number of amides is 1. The Morgan fingerprint density at radius 3 is 2.68 bits per heavy atom. The van der Waals surface area contributed by atoms with Gasteiger partial charge < -0.3 is 15.0 Å². The molecule has 1 N–H and O–H groups in total. The van der Waals surface area contributed by atoms with E-state index in [1.807, 2.05) is 43.1 Å². The van der Waals surface area contributed by atoms with Gasteiger partial charge in [0, 0.05) is 19.2 Å². The Hall–Kier alpha value is -1.26. The van der Waals surface area contributed by atoms with Gasteiger partial charge in [0.05, 0.1) is 12.1 Å². The van der Waals surface area contributed by atoms with Crippen molar-refractivity contribution in [2.24, 2.45) is 0 Å². The Morgan fingerprint density at radius 2 is 2.09 bits per heavy atom. The van der Waals surface area contributed by atoms with E-state index in [2.05, 4.69) is 12.2 Å². The van der Waals surface area contributed by atoms with Crippen LogP contribution in [0.4, 0.5) is 0 Å². The van der Waals surface area contributed by atoms with E-state index in [-0.39, 0.29) is 23.9 Å². The van der Waals surface area contributed by atoms with Crippen LogP contribution < -0.4 is 10.1 Å². The van der Waals surface area contributed by atoms with Crippen LogP contribution in [0.15, 0.2) is 24.3 Å². The highest BCUT2D eigenvalue weighted by Crippen LogP contribution is 2.27. The van der Waals surface area contributed by atoms with Crippen LogP contribution in [-0.2, 0) is 11.3 Å². The highest BCUT2D eigenvalue weighted by molar-refractivity contribution is 5.86. The number of nitrogens with zero attached hydrogens (tertiary/aromatic N) is 1. The van der Waals surface area contributed by atoms with E-state index >= 15 is 0 Å². The summed E-state index contributed by atoms with van der Waals surface area (Å²) in [6, 6.07) is 7.93. The quantitative estimate of drug-likeness (QED) is 0.873.